The number of hydrogen-bond donors (Lipinski definition) is 2. The molecule has 1 fully saturated rings. The van der Waals surface area contributed by atoms with Crippen LogP contribution in [0.3, 0.4) is 0 Å². The minimum atomic E-state index is -0.948. The molecule has 0 spiro atoms. The van der Waals surface area contributed by atoms with E-state index in [2.05, 4.69) is 0 Å². The first-order chi connectivity index (χ1) is 17.8. The average Bonchev–Trinajstić information content (AvgIpc) is 3.14. The number of carbonyl (C=O) groups is 2. The summed E-state index contributed by atoms with van der Waals surface area (Å²) in [7, 11) is 3.01. The molecule has 2 N–H and O–H groups in total. The molecule has 1 unspecified atom stereocenters. The van der Waals surface area contributed by atoms with Gasteiger partial charge >= 0.3 is 0 Å². The van der Waals surface area contributed by atoms with Gasteiger partial charge in [0, 0.05) is 6.54 Å². The van der Waals surface area contributed by atoms with Crippen molar-refractivity contribution >= 4 is 17.4 Å². The minimum Gasteiger partial charge on any atom is -0.507 e. The highest BCUT2D eigenvalue weighted by molar-refractivity contribution is 6.46. The molecule has 1 aliphatic heterocycles. The second kappa shape index (κ2) is 10.7. The fourth-order valence-electron chi connectivity index (χ4n) is 4.48. The maximum absolute atomic E-state index is 13.4. The van der Waals surface area contributed by atoms with Crippen molar-refractivity contribution in [2.45, 2.75) is 26.4 Å². The van der Waals surface area contributed by atoms with Crippen LogP contribution >= 0.6 is 0 Å². The average molecular weight is 504 g/mol. The molecule has 4 rings (SSSR count). The zero-order valence-electron chi connectivity index (χ0n) is 21.1. The van der Waals surface area contributed by atoms with Gasteiger partial charge in [-0.15, -0.1) is 0 Å². The molecule has 8 heteroatoms. The number of phenolic OH excluding ortho intramolecular Hbond substituents is 1. The molecule has 0 aromatic heterocycles. The number of methoxy groups -OCH3 is 2. The molecule has 1 saturated heterocycles. The Morgan fingerprint density at radius 2 is 1.76 bits per heavy atom. The minimum absolute atomic E-state index is 0.0734. The van der Waals surface area contributed by atoms with E-state index in [0.717, 1.165) is 11.1 Å². The summed E-state index contributed by atoms with van der Waals surface area (Å²) in [5, 5.41) is 21.7. The van der Waals surface area contributed by atoms with Gasteiger partial charge in [0.15, 0.2) is 11.5 Å². The summed E-state index contributed by atoms with van der Waals surface area (Å²) in [5.74, 6) is -0.814. The summed E-state index contributed by atoms with van der Waals surface area (Å²) in [4.78, 5) is 28.2. The predicted molar refractivity (Wildman–Crippen MR) is 138 cm³/mol. The number of aliphatic hydroxyl groups excluding tert-OH is 1. The van der Waals surface area contributed by atoms with Gasteiger partial charge in [-0.3, -0.25) is 9.59 Å². The Morgan fingerprint density at radius 1 is 0.973 bits per heavy atom. The number of Topliss-reactive ketones (excluding diaryl/α,β-unsaturated/α-hetero) is 1. The first-order valence-electron chi connectivity index (χ1n) is 11.8. The molecule has 192 valence electrons. The molecule has 0 aliphatic carbocycles. The highest BCUT2D eigenvalue weighted by Crippen LogP contribution is 2.43. The third-order valence-corrected chi connectivity index (χ3v) is 6.24. The summed E-state index contributed by atoms with van der Waals surface area (Å²) < 4.78 is 16.3. The number of benzene rings is 3. The van der Waals surface area contributed by atoms with Gasteiger partial charge in [0.25, 0.3) is 11.7 Å². The summed E-state index contributed by atoms with van der Waals surface area (Å²) in [6.45, 7) is 4.02. The van der Waals surface area contributed by atoms with Crippen molar-refractivity contribution in [2.75, 3.05) is 20.8 Å². The number of ether oxygens (including phenoxy) is 3. The number of likely N-dealkylation sites (tertiary alicyclic amines) is 1. The zero-order valence-corrected chi connectivity index (χ0v) is 21.1. The monoisotopic (exact) mass is 503 g/mol. The molecule has 3 aromatic carbocycles. The molecule has 0 saturated carbocycles. The van der Waals surface area contributed by atoms with E-state index in [-0.39, 0.29) is 29.4 Å². The summed E-state index contributed by atoms with van der Waals surface area (Å²) >= 11 is 0. The van der Waals surface area contributed by atoms with Crippen LogP contribution in [0.15, 0.2) is 66.2 Å². The molecule has 0 bridgehead atoms. The van der Waals surface area contributed by atoms with Crippen molar-refractivity contribution in [2.24, 2.45) is 0 Å². The number of aliphatic hydroxyl groups is 1. The van der Waals surface area contributed by atoms with Gasteiger partial charge in [0.2, 0.25) is 0 Å². The summed E-state index contributed by atoms with van der Waals surface area (Å²) in [6, 6.07) is 16.1. The van der Waals surface area contributed by atoms with E-state index in [1.165, 1.54) is 18.1 Å². The third kappa shape index (κ3) is 4.95. The van der Waals surface area contributed by atoms with Crippen molar-refractivity contribution < 1.29 is 34.0 Å². The van der Waals surface area contributed by atoms with E-state index in [1.807, 2.05) is 19.1 Å². The van der Waals surface area contributed by atoms with Gasteiger partial charge in [-0.2, -0.15) is 0 Å². The first kappa shape index (κ1) is 25.6. The third-order valence-electron chi connectivity index (χ3n) is 6.24. The molecule has 1 amide bonds. The van der Waals surface area contributed by atoms with Crippen molar-refractivity contribution in [3.8, 4) is 23.0 Å². The van der Waals surface area contributed by atoms with Gasteiger partial charge in [-0.05, 0) is 61.4 Å². The normalized spacial score (nSPS) is 16.6. The lowest BCUT2D eigenvalue weighted by atomic mass is 9.94. The van der Waals surface area contributed by atoms with E-state index in [4.69, 9.17) is 14.2 Å². The summed E-state index contributed by atoms with van der Waals surface area (Å²) in [6.07, 6.45) is 0. The lowest BCUT2D eigenvalue weighted by Crippen LogP contribution is -2.29. The Balaban J connectivity index is 1.92. The van der Waals surface area contributed by atoms with Crippen molar-refractivity contribution in [1.29, 1.82) is 0 Å². The van der Waals surface area contributed by atoms with E-state index in [9.17, 15) is 19.8 Å². The predicted octanol–water partition coefficient (Wildman–Crippen LogP) is 4.74. The molecule has 8 nitrogen and oxygen atoms in total. The number of hydrogen-bond acceptors (Lipinski definition) is 7. The number of aryl methyl sites for hydroxylation is 1. The lowest BCUT2D eigenvalue weighted by Gasteiger charge is -2.26. The lowest BCUT2D eigenvalue weighted by molar-refractivity contribution is -0.140. The number of rotatable bonds is 8. The largest absolute Gasteiger partial charge is 0.507 e. The van der Waals surface area contributed by atoms with Gasteiger partial charge in [0.1, 0.15) is 17.3 Å². The quantitative estimate of drug-likeness (QED) is 0.260. The van der Waals surface area contributed by atoms with Gasteiger partial charge in [-0.1, -0.05) is 29.8 Å². The topological polar surface area (TPSA) is 106 Å². The number of nitrogens with zero attached hydrogens (tertiary/aromatic N) is 1. The second-order valence-corrected chi connectivity index (χ2v) is 8.64. The van der Waals surface area contributed by atoms with Crippen LogP contribution in [0.1, 0.15) is 35.2 Å². The van der Waals surface area contributed by atoms with Crippen LogP contribution in [-0.2, 0) is 16.1 Å². The van der Waals surface area contributed by atoms with Crippen LogP contribution < -0.4 is 14.2 Å². The smallest absolute Gasteiger partial charge is 0.295 e. The van der Waals surface area contributed by atoms with Crippen LogP contribution in [0.2, 0.25) is 0 Å². The Morgan fingerprint density at radius 3 is 2.46 bits per heavy atom. The highest BCUT2D eigenvalue weighted by atomic mass is 16.5. The van der Waals surface area contributed by atoms with E-state index >= 15 is 0 Å². The first-order valence-corrected chi connectivity index (χ1v) is 11.8. The maximum Gasteiger partial charge on any atom is 0.295 e. The van der Waals surface area contributed by atoms with E-state index in [1.54, 1.807) is 56.5 Å². The number of ketones is 1. The van der Waals surface area contributed by atoms with E-state index in [0.29, 0.717) is 29.2 Å². The fourth-order valence-corrected chi connectivity index (χ4v) is 4.48. The molecule has 1 atom stereocenters. The van der Waals surface area contributed by atoms with Crippen LogP contribution in [0.5, 0.6) is 23.0 Å². The molecule has 3 aromatic rings. The van der Waals surface area contributed by atoms with Crippen molar-refractivity contribution in [3.63, 3.8) is 0 Å². The van der Waals surface area contributed by atoms with Crippen LogP contribution in [0, 0.1) is 6.92 Å². The van der Waals surface area contributed by atoms with Crippen molar-refractivity contribution in [3.05, 3.63) is 88.5 Å². The Bertz CT molecular complexity index is 1380. The standard InChI is InChI=1S/C29H29NO7/c1-5-37-24-15-19(10-11-22(24)31)26-25(27(32)21-13-17(2)9-12-23(21)36-4)28(33)29(34)30(26)16-18-7-6-8-20(14-18)35-3/h6-15,26,31-32H,5,16H2,1-4H3/b27-25+. The molecular weight excluding hydrogens is 474 g/mol. The van der Waals surface area contributed by atoms with E-state index < -0.39 is 17.7 Å². The van der Waals surface area contributed by atoms with Gasteiger partial charge in [-0.25, -0.2) is 0 Å². The Hall–Kier alpha value is -4.46. The fraction of sp³-hybridized carbons (Fsp3) is 0.241. The van der Waals surface area contributed by atoms with Crippen LogP contribution in [-0.4, -0.2) is 47.6 Å². The number of phenols is 1. The van der Waals surface area contributed by atoms with Crippen LogP contribution in [0.25, 0.3) is 5.76 Å². The second-order valence-electron chi connectivity index (χ2n) is 8.64. The highest BCUT2D eigenvalue weighted by Gasteiger charge is 2.46. The van der Waals surface area contributed by atoms with Crippen molar-refractivity contribution in [1.82, 2.24) is 4.90 Å². The van der Waals surface area contributed by atoms with Gasteiger partial charge < -0.3 is 29.3 Å². The summed E-state index contributed by atoms with van der Waals surface area (Å²) in [5.41, 5.74) is 2.30. The SMILES string of the molecule is CCOc1cc(C2/C(=C(\O)c3cc(C)ccc3OC)C(=O)C(=O)N2Cc2cccc(OC)c2)ccc1O. The zero-order chi connectivity index (χ0) is 26.7. The number of carbonyl (C=O) groups excluding carboxylic acids is 2. The Kier molecular flexibility index (Phi) is 7.38. The molecule has 1 heterocycles. The van der Waals surface area contributed by atoms with Crippen LogP contribution in [0.4, 0.5) is 0 Å². The number of aromatic hydroxyl groups is 1. The maximum atomic E-state index is 13.4. The van der Waals surface area contributed by atoms with Gasteiger partial charge in [0.05, 0.1) is 38.0 Å². The Labute approximate surface area is 215 Å². The molecular formula is C29H29NO7. The molecule has 1 aliphatic rings. The number of amides is 1. The molecule has 37 heavy (non-hydrogen) atoms. The molecule has 0 radical (unpaired) electrons.